The molecule has 6 nitrogen and oxygen atoms in total. The highest BCUT2D eigenvalue weighted by Crippen LogP contribution is 2.19. The molecule has 0 atom stereocenters. The molecule has 1 N–H and O–H groups in total. The van der Waals surface area contributed by atoms with Gasteiger partial charge in [-0.25, -0.2) is 0 Å². The Morgan fingerprint density at radius 2 is 1.83 bits per heavy atom. The van der Waals surface area contributed by atoms with Gasteiger partial charge in [-0.2, -0.15) is 4.68 Å². The fourth-order valence-electron chi connectivity index (χ4n) is 3.47. The van der Waals surface area contributed by atoms with E-state index in [0.717, 1.165) is 50.2 Å². The lowest BCUT2D eigenvalue weighted by molar-refractivity contribution is -0.930. The zero-order valence-electron chi connectivity index (χ0n) is 16.9. The van der Waals surface area contributed by atoms with Gasteiger partial charge in [0.1, 0.15) is 25.4 Å². The lowest BCUT2D eigenvalue weighted by Gasteiger charge is -2.23. The van der Waals surface area contributed by atoms with Gasteiger partial charge in [0.15, 0.2) is 12.5 Å². The summed E-state index contributed by atoms with van der Waals surface area (Å²) >= 11 is 5.80. The Kier molecular flexibility index (Phi) is 6.08. The molecule has 1 aromatic heterocycles. The second kappa shape index (κ2) is 8.90. The van der Waals surface area contributed by atoms with Gasteiger partial charge in [0.2, 0.25) is 4.77 Å². The number of rotatable bonds is 6. The first-order chi connectivity index (χ1) is 14.1. The molecule has 7 heteroatoms. The normalized spacial score (nSPS) is 14.8. The molecule has 0 aliphatic carbocycles. The number of nitrogens with one attached hydrogen (secondary N) is 1. The maximum absolute atomic E-state index is 6.08. The minimum atomic E-state index is 0.354. The third-order valence-corrected chi connectivity index (χ3v) is 5.73. The molecule has 2 aromatic carbocycles. The maximum atomic E-state index is 6.08. The Morgan fingerprint density at radius 3 is 2.55 bits per heavy atom. The smallest absolute Gasteiger partial charge is 0.207 e. The molecule has 1 saturated heterocycles. The molecule has 0 unspecified atom stereocenters. The number of aryl methyl sites for hydroxylation is 2. The number of hydrogen-bond donors (Lipinski definition) is 1. The monoisotopic (exact) mass is 411 g/mol. The summed E-state index contributed by atoms with van der Waals surface area (Å²) in [6.45, 7) is 8.78. The first-order valence-electron chi connectivity index (χ1n) is 9.97. The Balaban J connectivity index is 1.62. The number of para-hydroxylation sites is 1. The van der Waals surface area contributed by atoms with E-state index in [2.05, 4.69) is 26.0 Å². The molecular weight excluding hydrogens is 384 g/mol. The van der Waals surface area contributed by atoms with Crippen LogP contribution in [-0.2, 0) is 18.0 Å². The fraction of sp³-hybridized carbons (Fsp3) is 0.364. The van der Waals surface area contributed by atoms with Crippen molar-refractivity contribution >= 4 is 12.2 Å². The van der Waals surface area contributed by atoms with Crippen LogP contribution >= 0.6 is 12.2 Å². The minimum absolute atomic E-state index is 0.354. The molecule has 4 rings (SSSR count). The summed E-state index contributed by atoms with van der Waals surface area (Å²) in [5.41, 5.74) is 3.46. The highest BCUT2D eigenvalue weighted by Gasteiger charge is 2.19. The van der Waals surface area contributed by atoms with Crippen molar-refractivity contribution in [3.63, 3.8) is 0 Å². The van der Waals surface area contributed by atoms with Gasteiger partial charge in [-0.1, -0.05) is 24.3 Å². The van der Waals surface area contributed by atoms with E-state index < -0.39 is 0 Å². The third-order valence-electron chi connectivity index (χ3n) is 5.34. The Hall–Kier alpha value is -2.48. The number of quaternary nitrogens is 1. The number of hydrogen-bond acceptors (Lipinski definition) is 4. The van der Waals surface area contributed by atoms with Crippen molar-refractivity contribution in [3.05, 3.63) is 70.3 Å². The van der Waals surface area contributed by atoms with E-state index in [4.69, 9.17) is 26.8 Å². The number of nitrogens with zero attached hydrogens (tertiary/aromatic N) is 3. The minimum Gasteiger partial charge on any atom is -0.486 e. The fourth-order valence-corrected chi connectivity index (χ4v) is 3.78. The molecule has 1 aliphatic heterocycles. The van der Waals surface area contributed by atoms with Crippen LogP contribution in [0, 0.1) is 18.6 Å². The predicted molar refractivity (Wildman–Crippen MR) is 114 cm³/mol. The first kappa shape index (κ1) is 19.8. The lowest BCUT2D eigenvalue weighted by atomic mass is 10.1. The molecule has 29 heavy (non-hydrogen) atoms. The molecule has 0 saturated carbocycles. The molecule has 1 aliphatic rings. The second-order valence-electron chi connectivity index (χ2n) is 7.42. The second-order valence-corrected chi connectivity index (χ2v) is 7.79. The van der Waals surface area contributed by atoms with E-state index in [1.165, 1.54) is 16.0 Å². The largest absolute Gasteiger partial charge is 0.486 e. The van der Waals surface area contributed by atoms with Gasteiger partial charge >= 0.3 is 0 Å². The highest BCUT2D eigenvalue weighted by atomic mass is 32.1. The van der Waals surface area contributed by atoms with Gasteiger partial charge in [-0.3, -0.25) is 4.57 Å². The number of morpholine rings is 1. The summed E-state index contributed by atoms with van der Waals surface area (Å²) in [5.74, 6) is 1.64. The van der Waals surface area contributed by atoms with Crippen LogP contribution in [0.5, 0.6) is 5.75 Å². The van der Waals surface area contributed by atoms with Crippen LogP contribution in [0.15, 0.2) is 48.5 Å². The Morgan fingerprint density at radius 1 is 1.07 bits per heavy atom. The third kappa shape index (κ3) is 4.58. The Bertz CT molecular complexity index is 1020. The van der Waals surface area contributed by atoms with Gasteiger partial charge in [0.05, 0.1) is 13.2 Å². The molecule has 0 bridgehead atoms. The number of benzene rings is 2. The summed E-state index contributed by atoms with van der Waals surface area (Å²) in [6.07, 6.45) is 0. The van der Waals surface area contributed by atoms with E-state index >= 15 is 0 Å². The van der Waals surface area contributed by atoms with E-state index in [9.17, 15) is 0 Å². The van der Waals surface area contributed by atoms with Gasteiger partial charge < -0.3 is 14.4 Å². The van der Waals surface area contributed by atoms with E-state index in [1.54, 1.807) is 0 Å². The van der Waals surface area contributed by atoms with Gasteiger partial charge in [0.25, 0.3) is 0 Å². The summed E-state index contributed by atoms with van der Waals surface area (Å²) in [6, 6.07) is 16.2. The van der Waals surface area contributed by atoms with Gasteiger partial charge in [0, 0.05) is 5.69 Å². The molecule has 0 radical (unpaired) electrons. The summed E-state index contributed by atoms with van der Waals surface area (Å²) in [7, 11) is 0. The zero-order chi connectivity index (χ0) is 20.2. The number of ether oxygens (including phenoxy) is 2. The first-order valence-corrected chi connectivity index (χ1v) is 10.4. The van der Waals surface area contributed by atoms with Crippen molar-refractivity contribution in [2.45, 2.75) is 27.1 Å². The van der Waals surface area contributed by atoms with Crippen molar-refractivity contribution in [2.75, 3.05) is 26.3 Å². The molecular formula is C22H27N4O2S+. The molecule has 3 aromatic rings. The zero-order valence-corrected chi connectivity index (χ0v) is 17.7. The maximum Gasteiger partial charge on any atom is 0.207 e. The van der Waals surface area contributed by atoms with Crippen LogP contribution in [-0.4, -0.2) is 40.7 Å². The average molecular weight is 412 g/mol. The van der Waals surface area contributed by atoms with Gasteiger partial charge in [-0.15, -0.1) is 5.10 Å². The van der Waals surface area contributed by atoms with E-state index in [1.807, 2.05) is 45.6 Å². The quantitative estimate of drug-likeness (QED) is 0.633. The van der Waals surface area contributed by atoms with Gasteiger partial charge in [-0.05, 0) is 61.5 Å². The van der Waals surface area contributed by atoms with Crippen molar-refractivity contribution in [2.24, 2.45) is 0 Å². The van der Waals surface area contributed by atoms with Crippen molar-refractivity contribution < 1.29 is 14.4 Å². The average Bonchev–Trinajstić information content (AvgIpc) is 3.05. The van der Waals surface area contributed by atoms with Crippen LogP contribution in [0.2, 0.25) is 0 Å². The summed E-state index contributed by atoms with van der Waals surface area (Å²) < 4.78 is 16.2. The van der Waals surface area contributed by atoms with Crippen molar-refractivity contribution in [3.8, 4) is 11.4 Å². The standard InChI is InChI=1S/C22H26N4O2S/c1-17-8-9-20(14-18(17)2)28-15-21-23-25(16-24-10-12-27-13-11-24)22(29)26(21)19-6-4-3-5-7-19/h3-9,14H,10-13,15-16H2,1-2H3/p+1. The topological polar surface area (TPSA) is 45.6 Å². The van der Waals surface area contributed by atoms with Crippen molar-refractivity contribution in [1.82, 2.24) is 14.3 Å². The predicted octanol–water partition coefficient (Wildman–Crippen LogP) is 2.47. The summed E-state index contributed by atoms with van der Waals surface area (Å²) in [4.78, 5) is 1.42. The van der Waals surface area contributed by atoms with Crippen LogP contribution < -0.4 is 9.64 Å². The van der Waals surface area contributed by atoms with E-state index in [-0.39, 0.29) is 0 Å². The molecule has 2 heterocycles. The summed E-state index contributed by atoms with van der Waals surface area (Å²) in [5, 5.41) is 4.82. The van der Waals surface area contributed by atoms with Crippen LogP contribution in [0.3, 0.4) is 0 Å². The molecule has 0 spiro atoms. The Labute approximate surface area is 176 Å². The van der Waals surface area contributed by atoms with Crippen molar-refractivity contribution in [1.29, 1.82) is 0 Å². The lowest BCUT2D eigenvalue weighted by Crippen LogP contribution is -3.13. The van der Waals surface area contributed by atoms with Crippen LogP contribution in [0.1, 0.15) is 17.0 Å². The highest BCUT2D eigenvalue weighted by molar-refractivity contribution is 7.71. The number of aromatic nitrogens is 3. The van der Waals surface area contributed by atoms with Crippen LogP contribution in [0.25, 0.3) is 5.69 Å². The molecule has 0 amide bonds. The molecule has 152 valence electrons. The van der Waals surface area contributed by atoms with E-state index in [0.29, 0.717) is 11.4 Å². The van der Waals surface area contributed by atoms with Crippen LogP contribution in [0.4, 0.5) is 0 Å². The SMILES string of the molecule is Cc1ccc(OCc2nn(C[NH+]3CCOCC3)c(=S)n2-c2ccccc2)cc1C. The molecule has 1 fully saturated rings.